The Hall–Kier alpha value is -2.61. The number of rotatable bonds is 5. The quantitative estimate of drug-likeness (QED) is 0.615. The Bertz CT molecular complexity index is 788. The van der Waals surface area contributed by atoms with Gasteiger partial charge in [0.1, 0.15) is 6.10 Å². The van der Waals surface area contributed by atoms with E-state index in [1.807, 2.05) is 61.5 Å². The lowest BCUT2D eigenvalue weighted by Gasteiger charge is -2.16. The van der Waals surface area contributed by atoms with Crippen LogP contribution in [0.2, 0.25) is 0 Å². The molecule has 0 unspecified atom stereocenters. The first-order valence-corrected chi connectivity index (χ1v) is 7.95. The summed E-state index contributed by atoms with van der Waals surface area (Å²) in [4.78, 5) is 12.1. The summed E-state index contributed by atoms with van der Waals surface area (Å²) in [5.41, 5.74) is 2.21. The average Bonchev–Trinajstić information content (AvgIpc) is 2.60. The Labute approximate surface area is 136 Å². The summed E-state index contributed by atoms with van der Waals surface area (Å²) in [7, 11) is 0. The molecule has 116 valence electrons. The van der Waals surface area contributed by atoms with Gasteiger partial charge in [-0.05, 0) is 35.2 Å². The molecule has 0 saturated heterocycles. The Morgan fingerprint density at radius 2 is 1.61 bits per heavy atom. The third-order valence-electron chi connectivity index (χ3n) is 4.03. The number of hydrogen-bond acceptors (Lipinski definition) is 2. The highest BCUT2D eigenvalue weighted by Crippen LogP contribution is 2.26. The third kappa shape index (κ3) is 3.78. The van der Waals surface area contributed by atoms with E-state index in [1.54, 1.807) is 0 Å². The second-order valence-electron chi connectivity index (χ2n) is 5.69. The lowest BCUT2D eigenvalue weighted by Crippen LogP contribution is -2.10. The molecular formula is C21H20O2. The van der Waals surface area contributed by atoms with E-state index < -0.39 is 0 Å². The summed E-state index contributed by atoms with van der Waals surface area (Å²) in [6.45, 7) is 1.93. The van der Waals surface area contributed by atoms with Crippen molar-refractivity contribution in [2.75, 3.05) is 0 Å². The Morgan fingerprint density at radius 1 is 0.913 bits per heavy atom. The summed E-state index contributed by atoms with van der Waals surface area (Å²) in [6, 6.07) is 24.3. The van der Waals surface area contributed by atoms with Gasteiger partial charge in [-0.1, -0.05) is 72.8 Å². The molecule has 0 spiro atoms. The zero-order chi connectivity index (χ0) is 16.1. The Kier molecular flexibility index (Phi) is 4.72. The van der Waals surface area contributed by atoms with Crippen LogP contribution >= 0.6 is 0 Å². The predicted octanol–water partition coefficient (Wildman–Crippen LogP) is 5.08. The first kappa shape index (κ1) is 15.3. The number of ether oxygens (including phenoxy) is 1. The van der Waals surface area contributed by atoms with Crippen molar-refractivity contribution in [1.82, 2.24) is 0 Å². The van der Waals surface area contributed by atoms with E-state index in [0.717, 1.165) is 21.9 Å². The van der Waals surface area contributed by atoms with Gasteiger partial charge in [-0.25, -0.2) is 0 Å². The van der Waals surface area contributed by atoms with Gasteiger partial charge >= 0.3 is 5.97 Å². The van der Waals surface area contributed by atoms with Gasteiger partial charge < -0.3 is 4.74 Å². The molecule has 0 N–H and O–H groups in total. The van der Waals surface area contributed by atoms with Crippen LogP contribution in [0.25, 0.3) is 10.8 Å². The highest BCUT2D eigenvalue weighted by molar-refractivity contribution is 5.86. The van der Waals surface area contributed by atoms with E-state index in [9.17, 15) is 4.79 Å². The molecule has 3 rings (SSSR count). The molecule has 23 heavy (non-hydrogen) atoms. The van der Waals surface area contributed by atoms with Crippen LogP contribution in [0.3, 0.4) is 0 Å². The minimum Gasteiger partial charge on any atom is -0.458 e. The van der Waals surface area contributed by atoms with E-state index in [4.69, 9.17) is 4.74 Å². The summed E-state index contributed by atoms with van der Waals surface area (Å²) in [5, 5.41) is 2.30. The van der Waals surface area contributed by atoms with E-state index >= 15 is 0 Å². The van der Waals surface area contributed by atoms with Crippen molar-refractivity contribution >= 4 is 16.7 Å². The van der Waals surface area contributed by atoms with E-state index in [-0.39, 0.29) is 12.1 Å². The number of benzene rings is 3. The van der Waals surface area contributed by atoms with Crippen molar-refractivity contribution in [3.05, 3.63) is 83.9 Å². The predicted molar refractivity (Wildman–Crippen MR) is 93.2 cm³/mol. The second kappa shape index (κ2) is 7.10. The Morgan fingerprint density at radius 3 is 2.43 bits per heavy atom. The topological polar surface area (TPSA) is 26.3 Å². The molecule has 0 fully saturated rings. The average molecular weight is 304 g/mol. The highest BCUT2D eigenvalue weighted by atomic mass is 16.5. The van der Waals surface area contributed by atoms with Crippen molar-refractivity contribution in [1.29, 1.82) is 0 Å². The number of hydrogen-bond donors (Lipinski definition) is 0. The molecule has 0 radical (unpaired) electrons. The molecule has 0 saturated carbocycles. The van der Waals surface area contributed by atoms with Gasteiger partial charge in [0.05, 0.1) is 0 Å². The normalized spacial score (nSPS) is 12.0. The molecule has 0 aliphatic rings. The molecule has 3 aromatic rings. The van der Waals surface area contributed by atoms with Crippen molar-refractivity contribution in [2.45, 2.75) is 25.9 Å². The van der Waals surface area contributed by atoms with Crippen LogP contribution in [0.4, 0.5) is 0 Å². The number of carbonyl (C=O) groups is 1. The number of fused-ring (bicyclic) bond motifs is 1. The second-order valence-corrected chi connectivity index (χ2v) is 5.69. The van der Waals surface area contributed by atoms with E-state index in [0.29, 0.717) is 12.8 Å². The van der Waals surface area contributed by atoms with Gasteiger partial charge in [0.15, 0.2) is 0 Å². The molecule has 2 nitrogen and oxygen atoms in total. The number of esters is 1. The molecular weight excluding hydrogens is 284 g/mol. The summed E-state index contributed by atoms with van der Waals surface area (Å²) >= 11 is 0. The number of aryl methyl sites for hydroxylation is 1. The van der Waals surface area contributed by atoms with Crippen LogP contribution < -0.4 is 0 Å². The molecule has 2 heteroatoms. The molecule has 0 aliphatic heterocycles. The zero-order valence-corrected chi connectivity index (χ0v) is 13.2. The summed E-state index contributed by atoms with van der Waals surface area (Å²) in [5.74, 6) is -0.158. The van der Waals surface area contributed by atoms with E-state index in [2.05, 4.69) is 18.2 Å². The van der Waals surface area contributed by atoms with Crippen molar-refractivity contribution in [2.24, 2.45) is 0 Å². The lowest BCUT2D eigenvalue weighted by atomic mass is 10.0. The zero-order valence-electron chi connectivity index (χ0n) is 13.2. The maximum absolute atomic E-state index is 12.1. The SMILES string of the molecule is C[C@H](OC(=O)CCc1ccccc1)c1cccc2ccccc12. The third-order valence-corrected chi connectivity index (χ3v) is 4.03. The minimum atomic E-state index is -0.246. The molecule has 0 aliphatic carbocycles. The van der Waals surface area contributed by atoms with Crippen molar-refractivity contribution < 1.29 is 9.53 Å². The molecule has 1 atom stereocenters. The molecule has 0 amide bonds. The van der Waals surface area contributed by atoms with Gasteiger partial charge in [-0.2, -0.15) is 0 Å². The minimum absolute atomic E-state index is 0.158. The standard InChI is InChI=1S/C21H20O2/c1-16(19-13-7-11-18-10-5-6-12-20(18)19)23-21(22)15-14-17-8-3-2-4-9-17/h2-13,16H,14-15H2,1H3/t16-/m0/s1. The summed E-state index contributed by atoms with van der Waals surface area (Å²) < 4.78 is 5.63. The number of carbonyl (C=O) groups excluding carboxylic acids is 1. The van der Waals surface area contributed by atoms with Gasteiger partial charge in [0, 0.05) is 6.42 Å². The molecule has 0 aromatic heterocycles. The first-order valence-electron chi connectivity index (χ1n) is 7.95. The maximum Gasteiger partial charge on any atom is 0.306 e. The molecule has 0 heterocycles. The van der Waals surface area contributed by atoms with Crippen LogP contribution in [0.15, 0.2) is 72.8 Å². The lowest BCUT2D eigenvalue weighted by molar-refractivity contribution is -0.148. The monoisotopic (exact) mass is 304 g/mol. The van der Waals surface area contributed by atoms with Crippen LogP contribution in [-0.4, -0.2) is 5.97 Å². The fraction of sp³-hybridized carbons (Fsp3) is 0.190. The van der Waals surface area contributed by atoms with Crippen molar-refractivity contribution in [3.63, 3.8) is 0 Å². The summed E-state index contributed by atoms with van der Waals surface area (Å²) in [6.07, 6.45) is 0.866. The molecule has 3 aromatic carbocycles. The molecule has 0 bridgehead atoms. The van der Waals surface area contributed by atoms with Crippen LogP contribution in [0.1, 0.15) is 30.6 Å². The van der Waals surface area contributed by atoms with Crippen molar-refractivity contribution in [3.8, 4) is 0 Å². The van der Waals surface area contributed by atoms with Crippen LogP contribution in [-0.2, 0) is 16.0 Å². The highest BCUT2D eigenvalue weighted by Gasteiger charge is 2.14. The Balaban J connectivity index is 1.66. The van der Waals surface area contributed by atoms with Gasteiger partial charge in [0.25, 0.3) is 0 Å². The van der Waals surface area contributed by atoms with Gasteiger partial charge in [-0.3, -0.25) is 4.79 Å². The smallest absolute Gasteiger partial charge is 0.306 e. The fourth-order valence-electron chi connectivity index (χ4n) is 2.82. The van der Waals surface area contributed by atoms with Crippen LogP contribution in [0, 0.1) is 0 Å². The maximum atomic E-state index is 12.1. The van der Waals surface area contributed by atoms with Crippen LogP contribution in [0.5, 0.6) is 0 Å². The fourth-order valence-corrected chi connectivity index (χ4v) is 2.82. The van der Waals surface area contributed by atoms with Gasteiger partial charge in [0.2, 0.25) is 0 Å². The van der Waals surface area contributed by atoms with E-state index in [1.165, 1.54) is 0 Å². The van der Waals surface area contributed by atoms with Gasteiger partial charge in [-0.15, -0.1) is 0 Å². The first-order chi connectivity index (χ1) is 11.2. The largest absolute Gasteiger partial charge is 0.458 e.